The van der Waals surface area contributed by atoms with Gasteiger partial charge in [0.15, 0.2) is 0 Å². The van der Waals surface area contributed by atoms with E-state index in [0.29, 0.717) is 12.0 Å². The van der Waals surface area contributed by atoms with E-state index in [0.717, 1.165) is 32.2 Å². The first-order chi connectivity index (χ1) is 9.56. The van der Waals surface area contributed by atoms with Crippen molar-refractivity contribution in [2.24, 2.45) is 17.3 Å². The van der Waals surface area contributed by atoms with Crippen LogP contribution in [0.2, 0.25) is 0 Å². The zero-order valence-electron chi connectivity index (χ0n) is 12.3. The van der Waals surface area contributed by atoms with E-state index in [-0.39, 0.29) is 17.9 Å². The standard InChI is InChI=1S/C15H26N2O3/c1-2-6-15(7-8-15)10-17-14(20)16-9-11-4-3-5-12(11)13(18)19/h11-12H,2-10H2,1H3,(H,18,19)(H2,16,17,20). The molecule has 0 radical (unpaired) electrons. The highest BCUT2D eigenvalue weighted by Crippen LogP contribution is 2.48. The number of carbonyl (C=O) groups is 2. The fourth-order valence-electron chi connectivity index (χ4n) is 3.38. The van der Waals surface area contributed by atoms with Gasteiger partial charge in [0.1, 0.15) is 0 Å². The minimum atomic E-state index is -0.727. The summed E-state index contributed by atoms with van der Waals surface area (Å²) in [6.07, 6.45) is 7.35. The lowest BCUT2D eigenvalue weighted by Gasteiger charge is -2.18. The number of nitrogens with one attached hydrogen (secondary N) is 2. The number of hydrogen-bond acceptors (Lipinski definition) is 2. The fraction of sp³-hybridized carbons (Fsp3) is 0.867. The molecule has 0 aliphatic heterocycles. The molecule has 5 nitrogen and oxygen atoms in total. The van der Waals surface area contributed by atoms with Crippen LogP contribution in [-0.2, 0) is 4.79 Å². The smallest absolute Gasteiger partial charge is 0.314 e. The number of carboxylic acid groups (broad SMARTS) is 1. The van der Waals surface area contributed by atoms with Crippen molar-refractivity contribution < 1.29 is 14.7 Å². The van der Waals surface area contributed by atoms with Crippen LogP contribution in [0.15, 0.2) is 0 Å². The van der Waals surface area contributed by atoms with Crippen molar-refractivity contribution in [2.45, 2.75) is 51.9 Å². The van der Waals surface area contributed by atoms with E-state index in [4.69, 9.17) is 5.11 Å². The molecule has 20 heavy (non-hydrogen) atoms. The van der Waals surface area contributed by atoms with E-state index in [2.05, 4.69) is 17.6 Å². The summed E-state index contributed by atoms with van der Waals surface area (Å²) < 4.78 is 0. The van der Waals surface area contributed by atoms with Gasteiger partial charge in [0, 0.05) is 13.1 Å². The van der Waals surface area contributed by atoms with Gasteiger partial charge in [0.25, 0.3) is 0 Å². The predicted octanol–water partition coefficient (Wildman–Crippen LogP) is 2.37. The summed E-state index contributed by atoms with van der Waals surface area (Å²) in [4.78, 5) is 22.9. The Labute approximate surface area is 120 Å². The summed E-state index contributed by atoms with van der Waals surface area (Å²) in [5.74, 6) is -0.927. The van der Waals surface area contributed by atoms with Crippen LogP contribution in [0.25, 0.3) is 0 Å². The van der Waals surface area contributed by atoms with Crippen molar-refractivity contribution in [1.29, 1.82) is 0 Å². The molecule has 0 spiro atoms. The minimum absolute atomic E-state index is 0.0868. The lowest BCUT2D eigenvalue weighted by Crippen LogP contribution is -2.41. The molecule has 0 aromatic carbocycles. The average molecular weight is 282 g/mol. The fourth-order valence-corrected chi connectivity index (χ4v) is 3.38. The number of carbonyl (C=O) groups excluding carboxylic acids is 1. The summed E-state index contributed by atoms with van der Waals surface area (Å²) in [6.45, 7) is 3.40. The largest absolute Gasteiger partial charge is 0.481 e. The van der Waals surface area contributed by atoms with Crippen LogP contribution in [0.1, 0.15) is 51.9 Å². The molecule has 0 aromatic heterocycles. The average Bonchev–Trinajstić information content (AvgIpc) is 3.01. The van der Waals surface area contributed by atoms with E-state index in [1.165, 1.54) is 19.3 Å². The lowest BCUT2D eigenvalue weighted by molar-refractivity contribution is -0.142. The third-order valence-corrected chi connectivity index (χ3v) is 4.86. The second kappa shape index (κ2) is 6.46. The summed E-state index contributed by atoms with van der Waals surface area (Å²) in [5, 5.41) is 14.9. The van der Waals surface area contributed by atoms with Crippen molar-refractivity contribution in [1.82, 2.24) is 10.6 Å². The Kier molecular flexibility index (Phi) is 4.89. The van der Waals surface area contributed by atoms with Gasteiger partial charge in [-0.3, -0.25) is 4.79 Å². The third-order valence-electron chi connectivity index (χ3n) is 4.86. The minimum Gasteiger partial charge on any atom is -0.481 e. The van der Waals surface area contributed by atoms with Crippen molar-refractivity contribution in [2.75, 3.05) is 13.1 Å². The first-order valence-corrected chi connectivity index (χ1v) is 7.81. The van der Waals surface area contributed by atoms with Crippen molar-refractivity contribution in [3.63, 3.8) is 0 Å². The predicted molar refractivity (Wildman–Crippen MR) is 76.4 cm³/mol. The molecule has 2 amide bonds. The Balaban J connectivity index is 1.66. The maximum atomic E-state index is 11.8. The molecule has 0 heterocycles. The van der Waals surface area contributed by atoms with E-state index in [1.807, 2.05) is 0 Å². The molecule has 5 heteroatoms. The Bertz CT molecular complexity index is 366. The van der Waals surface area contributed by atoms with Crippen LogP contribution >= 0.6 is 0 Å². The van der Waals surface area contributed by atoms with Gasteiger partial charge in [-0.1, -0.05) is 19.8 Å². The molecule has 2 atom stereocenters. The van der Waals surface area contributed by atoms with Crippen molar-refractivity contribution in [3.05, 3.63) is 0 Å². The molecule has 2 aliphatic rings. The van der Waals surface area contributed by atoms with Crippen LogP contribution in [0.4, 0.5) is 4.79 Å². The Hall–Kier alpha value is -1.26. The van der Waals surface area contributed by atoms with Gasteiger partial charge in [-0.25, -0.2) is 4.79 Å². The molecule has 2 unspecified atom stereocenters. The zero-order valence-corrected chi connectivity index (χ0v) is 12.3. The highest BCUT2D eigenvalue weighted by atomic mass is 16.4. The maximum Gasteiger partial charge on any atom is 0.314 e. The van der Waals surface area contributed by atoms with Crippen LogP contribution < -0.4 is 10.6 Å². The van der Waals surface area contributed by atoms with Gasteiger partial charge in [-0.2, -0.15) is 0 Å². The maximum absolute atomic E-state index is 11.8. The van der Waals surface area contributed by atoms with E-state index in [9.17, 15) is 9.59 Å². The molecule has 0 aromatic rings. The third kappa shape index (κ3) is 3.87. The first kappa shape index (κ1) is 15.1. The van der Waals surface area contributed by atoms with E-state index >= 15 is 0 Å². The van der Waals surface area contributed by atoms with Crippen LogP contribution in [0.3, 0.4) is 0 Å². The van der Waals surface area contributed by atoms with E-state index < -0.39 is 5.97 Å². The van der Waals surface area contributed by atoms with Gasteiger partial charge in [0.05, 0.1) is 5.92 Å². The SMILES string of the molecule is CCCC1(CNC(=O)NCC2CCCC2C(=O)O)CC1. The number of urea groups is 1. The molecule has 2 rings (SSSR count). The van der Waals surface area contributed by atoms with Gasteiger partial charge in [-0.05, 0) is 43.4 Å². The molecular formula is C15H26N2O3. The molecule has 2 aliphatic carbocycles. The molecule has 2 fully saturated rings. The lowest BCUT2D eigenvalue weighted by atomic mass is 9.96. The van der Waals surface area contributed by atoms with E-state index in [1.54, 1.807) is 0 Å². The number of aliphatic carboxylic acids is 1. The van der Waals surface area contributed by atoms with Crippen LogP contribution in [0, 0.1) is 17.3 Å². The Morgan fingerprint density at radius 3 is 2.60 bits per heavy atom. The summed E-state index contributed by atoms with van der Waals surface area (Å²) in [6, 6.07) is -0.150. The Morgan fingerprint density at radius 2 is 2.00 bits per heavy atom. The number of hydrogen-bond donors (Lipinski definition) is 3. The summed E-state index contributed by atoms with van der Waals surface area (Å²) >= 11 is 0. The van der Waals surface area contributed by atoms with Gasteiger partial charge in [0.2, 0.25) is 0 Å². The monoisotopic (exact) mass is 282 g/mol. The molecule has 114 valence electrons. The highest BCUT2D eigenvalue weighted by molar-refractivity contribution is 5.74. The quantitative estimate of drug-likeness (QED) is 0.670. The summed E-state index contributed by atoms with van der Waals surface area (Å²) in [5.41, 5.74) is 0.350. The molecule has 0 bridgehead atoms. The van der Waals surface area contributed by atoms with Crippen molar-refractivity contribution >= 4 is 12.0 Å². The zero-order chi connectivity index (χ0) is 14.6. The van der Waals surface area contributed by atoms with Gasteiger partial charge < -0.3 is 15.7 Å². The second-order valence-electron chi connectivity index (χ2n) is 6.45. The molecular weight excluding hydrogens is 256 g/mol. The first-order valence-electron chi connectivity index (χ1n) is 7.81. The highest BCUT2D eigenvalue weighted by Gasteiger charge is 2.41. The molecule has 3 N–H and O–H groups in total. The number of amides is 2. The normalized spacial score (nSPS) is 27.1. The van der Waals surface area contributed by atoms with Crippen LogP contribution in [-0.4, -0.2) is 30.2 Å². The van der Waals surface area contributed by atoms with Gasteiger partial charge >= 0.3 is 12.0 Å². The topological polar surface area (TPSA) is 78.4 Å². The van der Waals surface area contributed by atoms with Gasteiger partial charge in [-0.15, -0.1) is 0 Å². The Morgan fingerprint density at radius 1 is 1.25 bits per heavy atom. The van der Waals surface area contributed by atoms with Crippen molar-refractivity contribution in [3.8, 4) is 0 Å². The van der Waals surface area contributed by atoms with Crippen LogP contribution in [0.5, 0.6) is 0 Å². The summed E-state index contributed by atoms with van der Waals surface area (Å²) in [7, 11) is 0. The molecule has 0 saturated heterocycles. The number of rotatable bonds is 7. The second-order valence-corrected chi connectivity index (χ2v) is 6.45. The molecule has 2 saturated carbocycles. The number of carboxylic acids is 1.